The number of hydrogen-bond donors (Lipinski definition) is 1. The first-order valence-corrected chi connectivity index (χ1v) is 4.72. The first-order chi connectivity index (χ1) is 7.09. The summed E-state index contributed by atoms with van der Waals surface area (Å²) in [5, 5.41) is 8.73. The van der Waals surface area contributed by atoms with E-state index >= 15 is 0 Å². The number of carboxylic acid groups (broad SMARTS) is 1. The van der Waals surface area contributed by atoms with Crippen LogP contribution in [0.2, 0.25) is 0 Å². The van der Waals surface area contributed by atoms with Gasteiger partial charge >= 0.3 is 5.97 Å². The van der Waals surface area contributed by atoms with Crippen molar-refractivity contribution in [2.75, 3.05) is 0 Å². The zero-order chi connectivity index (χ0) is 11.0. The molecule has 4 heteroatoms. The van der Waals surface area contributed by atoms with Crippen molar-refractivity contribution in [3.05, 3.63) is 29.6 Å². The molecule has 0 spiro atoms. The summed E-state index contributed by atoms with van der Waals surface area (Å²) in [7, 11) is 1.85. The second-order valence-corrected chi connectivity index (χ2v) is 3.60. The molecule has 0 amide bonds. The van der Waals surface area contributed by atoms with Gasteiger partial charge in [0.05, 0.1) is 11.0 Å². The van der Waals surface area contributed by atoms with E-state index < -0.39 is 5.97 Å². The second kappa shape index (κ2) is 3.38. The van der Waals surface area contributed by atoms with Crippen molar-refractivity contribution >= 4 is 17.0 Å². The number of rotatable bonds is 2. The average molecular weight is 204 g/mol. The molecule has 0 saturated carbocycles. The van der Waals surface area contributed by atoms with Crippen LogP contribution in [0.1, 0.15) is 11.4 Å². The van der Waals surface area contributed by atoms with E-state index in [1.807, 2.05) is 36.7 Å². The molecule has 1 heterocycles. The van der Waals surface area contributed by atoms with Gasteiger partial charge in [-0.25, -0.2) is 4.98 Å². The van der Waals surface area contributed by atoms with Gasteiger partial charge in [0.2, 0.25) is 0 Å². The molecule has 0 atom stereocenters. The minimum atomic E-state index is -0.856. The van der Waals surface area contributed by atoms with Gasteiger partial charge in [0.25, 0.3) is 0 Å². The summed E-state index contributed by atoms with van der Waals surface area (Å²) < 4.78 is 1.85. The van der Waals surface area contributed by atoms with Gasteiger partial charge in [-0.05, 0) is 18.6 Å². The van der Waals surface area contributed by atoms with Crippen LogP contribution in [-0.4, -0.2) is 20.6 Å². The topological polar surface area (TPSA) is 55.1 Å². The molecule has 4 nitrogen and oxygen atoms in total. The largest absolute Gasteiger partial charge is 0.481 e. The van der Waals surface area contributed by atoms with Crippen LogP contribution < -0.4 is 0 Å². The zero-order valence-electron chi connectivity index (χ0n) is 8.69. The molecule has 1 N–H and O–H groups in total. The highest BCUT2D eigenvalue weighted by Crippen LogP contribution is 2.18. The number of nitrogens with zero attached hydrogens (tertiary/aromatic N) is 2. The molecule has 0 aliphatic rings. The lowest BCUT2D eigenvalue weighted by Crippen LogP contribution is -2.06. The van der Waals surface area contributed by atoms with Crippen molar-refractivity contribution in [3.63, 3.8) is 0 Å². The number of benzene rings is 1. The summed E-state index contributed by atoms with van der Waals surface area (Å²) in [6.07, 6.45) is -0.0371. The van der Waals surface area contributed by atoms with Gasteiger partial charge in [0.1, 0.15) is 12.2 Å². The highest BCUT2D eigenvalue weighted by Gasteiger charge is 2.11. The molecule has 0 radical (unpaired) electrons. The minimum absolute atomic E-state index is 0.0371. The molecular formula is C11H12N2O2. The predicted molar refractivity (Wildman–Crippen MR) is 56.8 cm³/mol. The van der Waals surface area contributed by atoms with E-state index in [0.717, 1.165) is 16.6 Å². The molecule has 78 valence electrons. The lowest BCUT2D eigenvalue weighted by Gasteiger charge is -2.01. The maximum atomic E-state index is 10.6. The molecule has 2 aromatic rings. The Hall–Kier alpha value is -1.84. The molecule has 0 aliphatic heterocycles. The normalized spacial score (nSPS) is 10.8. The van der Waals surface area contributed by atoms with Crippen LogP contribution in [0.25, 0.3) is 11.0 Å². The number of aliphatic carboxylic acids is 1. The Balaban J connectivity index is 2.64. The number of para-hydroxylation sites is 1. The molecule has 0 bridgehead atoms. The van der Waals surface area contributed by atoms with E-state index in [9.17, 15) is 4.79 Å². The van der Waals surface area contributed by atoms with E-state index in [1.165, 1.54) is 0 Å². The fourth-order valence-electron chi connectivity index (χ4n) is 1.81. The summed E-state index contributed by atoms with van der Waals surface area (Å²) in [5.74, 6) is -0.266. The van der Waals surface area contributed by atoms with Gasteiger partial charge in [-0.1, -0.05) is 12.1 Å². The van der Waals surface area contributed by atoms with Crippen LogP contribution in [0.15, 0.2) is 18.2 Å². The van der Waals surface area contributed by atoms with E-state index in [1.54, 1.807) is 0 Å². The second-order valence-electron chi connectivity index (χ2n) is 3.60. The van der Waals surface area contributed by atoms with Crippen molar-refractivity contribution in [2.24, 2.45) is 7.05 Å². The van der Waals surface area contributed by atoms with E-state index in [2.05, 4.69) is 4.98 Å². The summed E-state index contributed by atoms with van der Waals surface area (Å²) in [6, 6.07) is 5.82. The predicted octanol–water partition coefficient (Wildman–Crippen LogP) is 1.51. The Labute approximate surface area is 87.2 Å². The first kappa shape index (κ1) is 9.71. The van der Waals surface area contributed by atoms with Crippen LogP contribution in [0, 0.1) is 6.92 Å². The van der Waals surface area contributed by atoms with Crippen LogP contribution in [0.5, 0.6) is 0 Å². The highest BCUT2D eigenvalue weighted by molar-refractivity contribution is 5.80. The Bertz CT molecular complexity index is 529. The molecule has 0 fully saturated rings. The van der Waals surface area contributed by atoms with Gasteiger partial charge in [-0.15, -0.1) is 0 Å². The average Bonchev–Trinajstić information content (AvgIpc) is 2.44. The number of carboxylic acids is 1. The van der Waals surface area contributed by atoms with Crippen molar-refractivity contribution in [3.8, 4) is 0 Å². The lowest BCUT2D eigenvalue weighted by atomic mass is 10.2. The van der Waals surface area contributed by atoms with Crippen molar-refractivity contribution in [1.29, 1.82) is 0 Å². The van der Waals surface area contributed by atoms with Gasteiger partial charge in [0, 0.05) is 7.05 Å². The number of fused-ring (bicyclic) bond motifs is 1. The quantitative estimate of drug-likeness (QED) is 0.806. The summed E-state index contributed by atoms with van der Waals surface area (Å²) in [5.41, 5.74) is 2.97. The monoisotopic (exact) mass is 204 g/mol. The van der Waals surface area contributed by atoms with E-state index in [0.29, 0.717) is 5.82 Å². The number of carbonyl (C=O) groups is 1. The molecule has 1 aromatic heterocycles. The summed E-state index contributed by atoms with van der Waals surface area (Å²) in [4.78, 5) is 14.9. The van der Waals surface area contributed by atoms with Gasteiger partial charge in [0.15, 0.2) is 0 Å². The fraction of sp³-hybridized carbons (Fsp3) is 0.273. The number of imidazole rings is 1. The Morgan fingerprint density at radius 1 is 1.53 bits per heavy atom. The smallest absolute Gasteiger partial charge is 0.311 e. The van der Waals surface area contributed by atoms with Crippen LogP contribution >= 0.6 is 0 Å². The third kappa shape index (κ3) is 1.58. The Morgan fingerprint density at radius 3 is 2.87 bits per heavy atom. The maximum Gasteiger partial charge on any atom is 0.311 e. The number of hydrogen-bond acceptors (Lipinski definition) is 2. The molecular weight excluding hydrogens is 192 g/mol. The third-order valence-corrected chi connectivity index (χ3v) is 2.50. The van der Waals surface area contributed by atoms with Crippen LogP contribution in [0.4, 0.5) is 0 Å². The van der Waals surface area contributed by atoms with E-state index in [4.69, 9.17) is 5.11 Å². The Kier molecular flexibility index (Phi) is 2.19. The van der Waals surface area contributed by atoms with Crippen molar-refractivity contribution in [1.82, 2.24) is 9.55 Å². The van der Waals surface area contributed by atoms with Crippen LogP contribution in [0.3, 0.4) is 0 Å². The highest BCUT2D eigenvalue weighted by atomic mass is 16.4. The fourth-order valence-corrected chi connectivity index (χ4v) is 1.81. The molecule has 0 saturated heterocycles. The van der Waals surface area contributed by atoms with E-state index in [-0.39, 0.29) is 6.42 Å². The molecule has 2 rings (SSSR count). The molecule has 0 aliphatic carbocycles. The standard InChI is InChI=1S/C11H12N2O2/c1-7-4-3-5-8-11(7)13(2)9(12-8)6-10(14)15/h3-5H,6H2,1-2H3,(H,14,15). The third-order valence-electron chi connectivity index (χ3n) is 2.50. The molecule has 0 unspecified atom stereocenters. The molecule has 1 aromatic carbocycles. The number of aromatic nitrogens is 2. The van der Waals surface area contributed by atoms with Crippen molar-refractivity contribution < 1.29 is 9.90 Å². The minimum Gasteiger partial charge on any atom is -0.481 e. The van der Waals surface area contributed by atoms with Crippen LogP contribution in [-0.2, 0) is 18.3 Å². The van der Waals surface area contributed by atoms with Gasteiger partial charge in [-0.3, -0.25) is 4.79 Å². The first-order valence-electron chi connectivity index (χ1n) is 4.72. The van der Waals surface area contributed by atoms with Crippen molar-refractivity contribution in [2.45, 2.75) is 13.3 Å². The number of aryl methyl sites for hydroxylation is 2. The lowest BCUT2D eigenvalue weighted by molar-refractivity contribution is -0.136. The zero-order valence-corrected chi connectivity index (χ0v) is 8.69. The van der Waals surface area contributed by atoms with Gasteiger partial charge < -0.3 is 9.67 Å². The maximum absolute atomic E-state index is 10.6. The Morgan fingerprint density at radius 2 is 2.27 bits per heavy atom. The molecule has 15 heavy (non-hydrogen) atoms. The SMILES string of the molecule is Cc1cccc2nc(CC(=O)O)n(C)c12. The summed E-state index contributed by atoms with van der Waals surface area (Å²) in [6.45, 7) is 1.99. The van der Waals surface area contributed by atoms with Gasteiger partial charge in [-0.2, -0.15) is 0 Å². The summed E-state index contributed by atoms with van der Waals surface area (Å²) >= 11 is 0.